The molecule has 0 radical (unpaired) electrons. The zero-order chi connectivity index (χ0) is 18.7. The number of amides is 1. The highest BCUT2D eigenvalue weighted by Crippen LogP contribution is 2.26. The van der Waals surface area contributed by atoms with Gasteiger partial charge in [-0.25, -0.2) is 0 Å². The van der Waals surface area contributed by atoms with Crippen molar-refractivity contribution in [2.75, 3.05) is 5.32 Å². The molecule has 1 amide bonds. The highest BCUT2D eigenvalue weighted by Gasteiger charge is 2.20. The first kappa shape index (κ1) is 18.1. The van der Waals surface area contributed by atoms with Gasteiger partial charge in [0.05, 0.1) is 10.9 Å². The van der Waals surface area contributed by atoms with Crippen molar-refractivity contribution in [2.24, 2.45) is 0 Å². The number of hydrogen-bond acceptors (Lipinski definition) is 5. The maximum atomic E-state index is 12.5. The number of rotatable bonds is 5. The Kier molecular flexibility index (Phi) is 5.37. The Morgan fingerprint density at radius 2 is 1.88 bits per heavy atom. The predicted octanol–water partition coefficient (Wildman–Crippen LogP) is 3.71. The fourth-order valence-electron chi connectivity index (χ4n) is 2.61. The van der Waals surface area contributed by atoms with Crippen molar-refractivity contribution in [3.63, 3.8) is 0 Å². The normalized spacial score (nSPS) is 12.0. The van der Waals surface area contributed by atoms with Crippen LogP contribution in [0.5, 0.6) is 0 Å². The van der Waals surface area contributed by atoms with E-state index < -0.39 is 0 Å². The van der Waals surface area contributed by atoms with Crippen LogP contribution in [0.3, 0.4) is 0 Å². The number of nitrogens with zero attached hydrogens (tertiary/aromatic N) is 4. The molecule has 1 heterocycles. The van der Waals surface area contributed by atoms with Crippen molar-refractivity contribution in [1.29, 1.82) is 0 Å². The number of aromatic nitrogens is 4. The van der Waals surface area contributed by atoms with Crippen LogP contribution in [-0.4, -0.2) is 31.4 Å². The molecule has 0 saturated heterocycles. The van der Waals surface area contributed by atoms with E-state index in [-0.39, 0.29) is 11.2 Å². The number of thioether (sulfide) groups is 1. The topological polar surface area (TPSA) is 72.7 Å². The Hall–Kier alpha value is -2.67. The van der Waals surface area contributed by atoms with Crippen LogP contribution in [0.25, 0.3) is 5.69 Å². The van der Waals surface area contributed by atoms with Crippen molar-refractivity contribution in [2.45, 2.75) is 38.1 Å². The lowest BCUT2D eigenvalue weighted by atomic mass is 10.1. The molecule has 1 atom stereocenters. The molecule has 134 valence electrons. The third-order valence-corrected chi connectivity index (χ3v) is 5.11. The van der Waals surface area contributed by atoms with Crippen LogP contribution in [0.4, 0.5) is 5.69 Å². The zero-order valence-electron chi connectivity index (χ0n) is 15.2. The predicted molar refractivity (Wildman–Crippen MR) is 104 cm³/mol. The van der Waals surface area contributed by atoms with Gasteiger partial charge in [-0.3, -0.25) is 4.79 Å². The number of nitrogens with one attached hydrogen (secondary N) is 1. The van der Waals surface area contributed by atoms with Crippen LogP contribution >= 0.6 is 11.8 Å². The van der Waals surface area contributed by atoms with E-state index in [4.69, 9.17) is 0 Å². The van der Waals surface area contributed by atoms with Crippen LogP contribution in [-0.2, 0) is 4.79 Å². The number of para-hydroxylation sites is 1. The molecular weight excluding hydrogens is 346 g/mol. The fraction of sp³-hybridized carbons (Fsp3) is 0.263. The standard InChI is InChI=1S/C19H21N5OS/c1-12-9-10-17(14(3)11-12)24-19(21-22-23-24)26-15(4)18(25)20-16-8-6-5-7-13(16)2/h5-11,15H,1-4H3,(H,20,25)/t15-/m0/s1. The monoisotopic (exact) mass is 367 g/mol. The number of carbonyl (C=O) groups is 1. The summed E-state index contributed by atoms with van der Waals surface area (Å²) >= 11 is 1.33. The molecule has 0 aliphatic heterocycles. The molecule has 0 aliphatic rings. The minimum Gasteiger partial charge on any atom is -0.325 e. The Morgan fingerprint density at radius 3 is 2.62 bits per heavy atom. The number of tetrazole rings is 1. The maximum absolute atomic E-state index is 12.5. The average molecular weight is 367 g/mol. The van der Waals surface area contributed by atoms with Crippen LogP contribution < -0.4 is 5.32 Å². The SMILES string of the molecule is Cc1ccc(-n2nnnc2S[C@@H](C)C(=O)Nc2ccccc2C)c(C)c1. The van der Waals surface area contributed by atoms with Crippen LogP contribution in [0.15, 0.2) is 47.6 Å². The first-order valence-corrected chi connectivity index (χ1v) is 9.23. The third kappa shape index (κ3) is 3.94. The number of carbonyl (C=O) groups excluding carboxylic acids is 1. The molecule has 0 saturated carbocycles. The van der Waals surface area contributed by atoms with Crippen molar-refractivity contribution < 1.29 is 4.79 Å². The highest BCUT2D eigenvalue weighted by molar-refractivity contribution is 8.00. The van der Waals surface area contributed by atoms with Gasteiger partial charge in [0, 0.05) is 5.69 Å². The van der Waals surface area contributed by atoms with Crippen molar-refractivity contribution in [3.8, 4) is 5.69 Å². The first-order chi connectivity index (χ1) is 12.5. The van der Waals surface area contributed by atoms with E-state index in [0.717, 1.165) is 22.5 Å². The molecule has 0 bridgehead atoms. The summed E-state index contributed by atoms with van der Waals surface area (Å²) in [7, 11) is 0. The zero-order valence-corrected chi connectivity index (χ0v) is 16.0. The molecule has 0 spiro atoms. The molecule has 26 heavy (non-hydrogen) atoms. The van der Waals surface area contributed by atoms with Gasteiger partial charge in [-0.15, -0.1) is 5.10 Å². The van der Waals surface area contributed by atoms with Gasteiger partial charge in [0.1, 0.15) is 0 Å². The summed E-state index contributed by atoms with van der Waals surface area (Å²) in [6.07, 6.45) is 0. The molecule has 1 aromatic heterocycles. The first-order valence-electron chi connectivity index (χ1n) is 8.35. The van der Waals surface area contributed by atoms with Gasteiger partial charge in [0.25, 0.3) is 0 Å². The van der Waals surface area contributed by atoms with Crippen molar-refractivity contribution in [3.05, 3.63) is 59.2 Å². The largest absolute Gasteiger partial charge is 0.325 e. The lowest BCUT2D eigenvalue weighted by Gasteiger charge is -2.13. The van der Waals surface area contributed by atoms with Crippen molar-refractivity contribution >= 4 is 23.4 Å². The molecule has 2 aromatic carbocycles. The van der Waals surface area contributed by atoms with E-state index in [1.165, 1.54) is 17.3 Å². The van der Waals surface area contributed by atoms with Gasteiger partial charge in [-0.1, -0.05) is 47.7 Å². The second-order valence-electron chi connectivity index (χ2n) is 6.23. The average Bonchev–Trinajstić information content (AvgIpc) is 3.04. The summed E-state index contributed by atoms with van der Waals surface area (Å²) in [6, 6.07) is 13.8. The molecule has 3 rings (SSSR count). The van der Waals surface area contributed by atoms with E-state index in [1.54, 1.807) is 4.68 Å². The van der Waals surface area contributed by atoms with Crippen molar-refractivity contribution in [1.82, 2.24) is 20.2 Å². The lowest BCUT2D eigenvalue weighted by Crippen LogP contribution is -2.23. The van der Waals surface area contributed by atoms with Gasteiger partial charge in [0.2, 0.25) is 11.1 Å². The highest BCUT2D eigenvalue weighted by atomic mass is 32.2. The Bertz CT molecular complexity index is 937. The molecule has 1 N–H and O–H groups in total. The smallest absolute Gasteiger partial charge is 0.237 e. The summed E-state index contributed by atoms with van der Waals surface area (Å²) in [6.45, 7) is 7.88. The van der Waals surface area contributed by atoms with E-state index in [0.29, 0.717) is 5.16 Å². The molecule has 0 unspecified atom stereocenters. The van der Waals surface area contributed by atoms with Gasteiger partial charge >= 0.3 is 0 Å². The minimum atomic E-state index is -0.342. The van der Waals surface area contributed by atoms with Gasteiger partial charge in [0.15, 0.2) is 0 Å². The Labute approximate surface area is 157 Å². The summed E-state index contributed by atoms with van der Waals surface area (Å²) in [4.78, 5) is 12.5. The second-order valence-corrected chi connectivity index (χ2v) is 7.54. The summed E-state index contributed by atoms with van der Waals surface area (Å²) in [5.41, 5.74) is 5.02. The van der Waals surface area contributed by atoms with Crippen LogP contribution in [0.1, 0.15) is 23.6 Å². The number of anilines is 1. The molecule has 0 fully saturated rings. The van der Waals surface area contributed by atoms with E-state index in [1.807, 2.05) is 64.1 Å². The van der Waals surface area contributed by atoms with Crippen LogP contribution in [0.2, 0.25) is 0 Å². The van der Waals surface area contributed by atoms with E-state index in [2.05, 4.69) is 26.9 Å². The number of aryl methyl sites for hydroxylation is 3. The van der Waals surface area contributed by atoms with Gasteiger partial charge in [-0.2, -0.15) is 4.68 Å². The molecule has 7 heteroatoms. The molecular formula is C19H21N5OS. The summed E-state index contributed by atoms with van der Waals surface area (Å²) < 4.78 is 1.68. The number of benzene rings is 2. The van der Waals surface area contributed by atoms with E-state index >= 15 is 0 Å². The molecule has 0 aliphatic carbocycles. The van der Waals surface area contributed by atoms with Gasteiger partial charge < -0.3 is 5.32 Å². The maximum Gasteiger partial charge on any atom is 0.237 e. The summed E-state index contributed by atoms with van der Waals surface area (Å²) in [5.74, 6) is -0.0838. The third-order valence-electron chi connectivity index (χ3n) is 4.08. The molecule has 3 aromatic rings. The van der Waals surface area contributed by atoms with E-state index in [9.17, 15) is 4.79 Å². The lowest BCUT2D eigenvalue weighted by molar-refractivity contribution is -0.115. The quantitative estimate of drug-likeness (QED) is 0.696. The Balaban J connectivity index is 1.76. The second kappa shape index (κ2) is 7.70. The number of hydrogen-bond donors (Lipinski definition) is 1. The minimum absolute atomic E-state index is 0.0838. The Morgan fingerprint density at radius 1 is 1.12 bits per heavy atom. The summed E-state index contributed by atoms with van der Waals surface area (Å²) in [5, 5.41) is 15.2. The van der Waals surface area contributed by atoms with Crippen LogP contribution in [0, 0.1) is 20.8 Å². The molecule has 6 nitrogen and oxygen atoms in total. The fourth-order valence-corrected chi connectivity index (χ4v) is 3.41. The van der Waals surface area contributed by atoms with Gasteiger partial charge in [-0.05, 0) is 61.4 Å².